The molecule has 1 saturated carbocycles. The third kappa shape index (κ3) is 3.42. The second kappa shape index (κ2) is 7.59. The number of aromatic nitrogens is 2. The van der Waals surface area contributed by atoms with Crippen LogP contribution in [0.3, 0.4) is 0 Å². The summed E-state index contributed by atoms with van der Waals surface area (Å²) >= 11 is 0. The minimum absolute atomic E-state index is 0.136. The largest absolute Gasteiger partial charge is 0.494 e. The lowest BCUT2D eigenvalue weighted by atomic mass is 9.80. The molecular weight excluding hydrogens is 332 g/mol. The van der Waals surface area contributed by atoms with E-state index in [1.807, 2.05) is 24.3 Å². The molecule has 0 unspecified atom stereocenters. The maximum atomic E-state index is 12.8. The molecule has 1 fully saturated rings. The van der Waals surface area contributed by atoms with E-state index in [1.54, 1.807) is 25.0 Å². The normalized spacial score (nSPS) is 15.9. The fourth-order valence-corrected chi connectivity index (χ4v) is 3.48. The zero-order valence-electron chi connectivity index (χ0n) is 15.1. The van der Waals surface area contributed by atoms with Gasteiger partial charge in [0.1, 0.15) is 17.0 Å². The summed E-state index contributed by atoms with van der Waals surface area (Å²) in [6.45, 7) is 0. The van der Waals surface area contributed by atoms with E-state index in [1.165, 1.54) is 6.20 Å². The van der Waals surface area contributed by atoms with Gasteiger partial charge in [0.15, 0.2) is 0 Å². The van der Waals surface area contributed by atoms with Crippen molar-refractivity contribution in [1.82, 2.24) is 20.4 Å². The van der Waals surface area contributed by atoms with Crippen LogP contribution in [0.25, 0.3) is 5.69 Å². The quantitative estimate of drug-likeness (QED) is 0.859. The highest BCUT2D eigenvalue weighted by molar-refractivity contribution is 5.99. The molecule has 2 amide bonds. The number of amides is 2. The summed E-state index contributed by atoms with van der Waals surface area (Å²) in [6.07, 6.45) is 7.39. The number of hydrogen-bond acceptors (Lipinski definition) is 4. The first kappa shape index (κ1) is 18.0. The van der Waals surface area contributed by atoms with E-state index < -0.39 is 5.54 Å². The Kier molecular flexibility index (Phi) is 5.25. The first-order chi connectivity index (χ1) is 12.6. The number of carbonyl (C=O) groups excluding carboxylic acids is 2. The van der Waals surface area contributed by atoms with Gasteiger partial charge in [-0.05, 0) is 25.0 Å². The predicted molar refractivity (Wildman–Crippen MR) is 97.5 cm³/mol. The first-order valence-corrected chi connectivity index (χ1v) is 8.82. The topological polar surface area (TPSA) is 85.3 Å². The molecule has 7 nitrogen and oxygen atoms in total. The SMILES string of the molecule is CNC(=O)C1(NC(=O)c2cnn(-c3ccccc3OC)c2)CCCCC1. The molecule has 2 N–H and O–H groups in total. The lowest BCUT2D eigenvalue weighted by molar-refractivity contribution is -0.128. The fraction of sp³-hybridized carbons (Fsp3) is 0.421. The molecule has 2 aromatic rings. The van der Waals surface area contributed by atoms with Crippen LogP contribution < -0.4 is 15.4 Å². The molecule has 0 saturated heterocycles. The third-order valence-electron chi connectivity index (χ3n) is 4.90. The van der Waals surface area contributed by atoms with Gasteiger partial charge in [-0.15, -0.1) is 0 Å². The molecule has 0 bridgehead atoms. The van der Waals surface area contributed by atoms with Crippen LogP contribution in [0.4, 0.5) is 0 Å². The summed E-state index contributed by atoms with van der Waals surface area (Å²) in [5, 5.41) is 9.92. The van der Waals surface area contributed by atoms with Crippen LogP contribution in [0.15, 0.2) is 36.7 Å². The fourth-order valence-electron chi connectivity index (χ4n) is 3.48. The zero-order chi connectivity index (χ0) is 18.6. The van der Waals surface area contributed by atoms with Gasteiger partial charge < -0.3 is 15.4 Å². The van der Waals surface area contributed by atoms with E-state index in [4.69, 9.17) is 4.74 Å². The summed E-state index contributed by atoms with van der Waals surface area (Å²) in [6, 6.07) is 7.44. The molecule has 1 aromatic carbocycles. The summed E-state index contributed by atoms with van der Waals surface area (Å²) < 4.78 is 6.94. The predicted octanol–water partition coefficient (Wildman–Crippen LogP) is 2.06. The van der Waals surface area contributed by atoms with Crippen LogP contribution in [0.1, 0.15) is 42.5 Å². The summed E-state index contributed by atoms with van der Waals surface area (Å²) in [5.74, 6) is 0.232. The molecule has 1 aliphatic carbocycles. The van der Waals surface area contributed by atoms with Gasteiger partial charge in [0.2, 0.25) is 5.91 Å². The number of carbonyl (C=O) groups is 2. The number of benzene rings is 1. The van der Waals surface area contributed by atoms with Gasteiger partial charge in [0.05, 0.1) is 18.9 Å². The number of hydrogen-bond donors (Lipinski definition) is 2. The number of ether oxygens (including phenoxy) is 1. The second-order valence-electron chi connectivity index (χ2n) is 6.52. The Morgan fingerprint density at radius 2 is 1.92 bits per heavy atom. The molecule has 7 heteroatoms. The van der Waals surface area contributed by atoms with Crippen LogP contribution in [0.2, 0.25) is 0 Å². The minimum Gasteiger partial charge on any atom is -0.494 e. The minimum atomic E-state index is -0.837. The van der Waals surface area contributed by atoms with E-state index >= 15 is 0 Å². The maximum absolute atomic E-state index is 12.8. The van der Waals surface area contributed by atoms with Crippen molar-refractivity contribution in [2.75, 3.05) is 14.2 Å². The molecule has 0 spiro atoms. The Labute approximate surface area is 152 Å². The molecule has 1 aromatic heterocycles. The molecule has 3 rings (SSSR count). The molecule has 0 aliphatic heterocycles. The van der Waals surface area contributed by atoms with E-state index in [9.17, 15) is 9.59 Å². The lowest BCUT2D eigenvalue weighted by Crippen LogP contribution is -2.59. The summed E-state index contributed by atoms with van der Waals surface area (Å²) in [5.41, 5.74) is 0.314. The Balaban J connectivity index is 1.82. The van der Waals surface area contributed by atoms with Crippen LogP contribution in [-0.4, -0.2) is 41.3 Å². The van der Waals surface area contributed by atoms with Gasteiger partial charge in [-0.3, -0.25) is 9.59 Å². The molecule has 1 heterocycles. The van der Waals surface area contributed by atoms with E-state index in [-0.39, 0.29) is 11.8 Å². The highest BCUT2D eigenvalue weighted by Crippen LogP contribution is 2.29. The highest BCUT2D eigenvalue weighted by atomic mass is 16.5. The molecule has 138 valence electrons. The van der Waals surface area contributed by atoms with Gasteiger partial charge in [-0.25, -0.2) is 4.68 Å². The summed E-state index contributed by atoms with van der Waals surface area (Å²) in [4.78, 5) is 25.2. The van der Waals surface area contributed by atoms with Gasteiger partial charge >= 0.3 is 0 Å². The summed E-state index contributed by atoms with van der Waals surface area (Å²) in [7, 11) is 3.19. The molecule has 0 radical (unpaired) electrons. The van der Waals surface area contributed by atoms with Crippen molar-refractivity contribution < 1.29 is 14.3 Å². The van der Waals surface area contributed by atoms with Crippen molar-refractivity contribution in [2.24, 2.45) is 0 Å². The van der Waals surface area contributed by atoms with Crippen molar-refractivity contribution in [3.63, 3.8) is 0 Å². The third-order valence-corrected chi connectivity index (χ3v) is 4.90. The average Bonchev–Trinajstić information content (AvgIpc) is 3.18. The lowest BCUT2D eigenvalue weighted by Gasteiger charge is -2.36. The second-order valence-corrected chi connectivity index (χ2v) is 6.52. The number of rotatable bonds is 5. The number of para-hydroxylation sites is 2. The Morgan fingerprint density at radius 3 is 2.62 bits per heavy atom. The standard InChI is InChI=1S/C19H24N4O3/c1-20-18(25)19(10-6-3-7-11-19)22-17(24)14-12-21-23(13-14)15-8-4-5-9-16(15)26-2/h4-5,8-9,12-13H,3,6-7,10-11H2,1-2H3,(H,20,25)(H,22,24). The number of likely N-dealkylation sites (N-methyl/N-ethyl adjacent to an activating group) is 1. The Hall–Kier alpha value is -2.83. The van der Waals surface area contributed by atoms with Crippen molar-refractivity contribution in [3.05, 3.63) is 42.2 Å². The van der Waals surface area contributed by atoms with Crippen LogP contribution in [0.5, 0.6) is 5.75 Å². The molecule has 26 heavy (non-hydrogen) atoms. The van der Waals surface area contributed by atoms with Gasteiger partial charge in [0, 0.05) is 13.2 Å². The number of nitrogens with zero attached hydrogens (tertiary/aromatic N) is 2. The molecule has 0 atom stereocenters. The zero-order valence-corrected chi connectivity index (χ0v) is 15.1. The van der Waals surface area contributed by atoms with Gasteiger partial charge in [0.25, 0.3) is 5.91 Å². The van der Waals surface area contributed by atoms with Crippen molar-refractivity contribution in [3.8, 4) is 11.4 Å². The van der Waals surface area contributed by atoms with Crippen molar-refractivity contribution in [2.45, 2.75) is 37.6 Å². The van der Waals surface area contributed by atoms with Crippen molar-refractivity contribution in [1.29, 1.82) is 0 Å². The van der Waals surface area contributed by atoms with E-state index in [0.717, 1.165) is 24.9 Å². The average molecular weight is 356 g/mol. The monoisotopic (exact) mass is 356 g/mol. The van der Waals surface area contributed by atoms with Crippen LogP contribution in [-0.2, 0) is 4.79 Å². The van der Waals surface area contributed by atoms with E-state index in [0.29, 0.717) is 24.2 Å². The van der Waals surface area contributed by atoms with E-state index in [2.05, 4.69) is 15.7 Å². The smallest absolute Gasteiger partial charge is 0.255 e. The Morgan fingerprint density at radius 1 is 1.19 bits per heavy atom. The van der Waals surface area contributed by atoms with Crippen LogP contribution in [0, 0.1) is 0 Å². The Bertz CT molecular complexity index is 794. The first-order valence-electron chi connectivity index (χ1n) is 8.82. The highest BCUT2D eigenvalue weighted by Gasteiger charge is 2.40. The molecule has 1 aliphatic rings. The van der Waals surface area contributed by atoms with Gasteiger partial charge in [-0.2, -0.15) is 5.10 Å². The van der Waals surface area contributed by atoms with Crippen LogP contribution >= 0.6 is 0 Å². The number of methoxy groups -OCH3 is 1. The van der Waals surface area contributed by atoms with Gasteiger partial charge in [-0.1, -0.05) is 31.4 Å². The number of nitrogens with one attached hydrogen (secondary N) is 2. The molecular formula is C19H24N4O3. The maximum Gasteiger partial charge on any atom is 0.255 e. The van der Waals surface area contributed by atoms with Crippen molar-refractivity contribution >= 4 is 11.8 Å².